The molecule has 7 heteroatoms. The first-order valence-corrected chi connectivity index (χ1v) is 9.67. The Labute approximate surface area is 161 Å². The van der Waals surface area contributed by atoms with Crippen LogP contribution in [-0.2, 0) is 14.4 Å². The predicted molar refractivity (Wildman–Crippen MR) is 98.3 cm³/mol. The van der Waals surface area contributed by atoms with Crippen LogP contribution >= 0.6 is 0 Å². The standard InChI is InChI=1S/C21H20N2O5/c24-18(22-9-1-2-15(22)21(27)28)11-5-7-14(8-6-11)23-19(25)16-12-3-4-13(10-12)17(16)20(23)26/h3-8,12-13,15-17H,1-2,9-10H2,(H,27,28)/t12-,13-,15-,16+,17+/m0/s1. The lowest BCUT2D eigenvalue weighted by Crippen LogP contribution is -2.40. The Morgan fingerprint density at radius 1 is 0.964 bits per heavy atom. The monoisotopic (exact) mass is 380 g/mol. The van der Waals surface area contributed by atoms with Gasteiger partial charge in [-0.05, 0) is 55.4 Å². The van der Waals surface area contributed by atoms with Gasteiger partial charge in [-0.3, -0.25) is 19.3 Å². The number of hydrogen-bond donors (Lipinski definition) is 1. The molecule has 1 aromatic carbocycles. The molecule has 28 heavy (non-hydrogen) atoms. The van der Waals surface area contributed by atoms with Crippen LogP contribution in [0.2, 0.25) is 0 Å². The minimum absolute atomic E-state index is 0.153. The van der Waals surface area contributed by atoms with Crippen molar-refractivity contribution < 1.29 is 24.3 Å². The molecule has 3 amide bonds. The van der Waals surface area contributed by atoms with Gasteiger partial charge in [0.15, 0.2) is 0 Å². The number of anilines is 1. The van der Waals surface area contributed by atoms with Gasteiger partial charge in [-0.15, -0.1) is 0 Å². The van der Waals surface area contributed by atoms with Crippen molar-refractivity contribution in [3.63, 3.8) is 0 Å². The molecule has 0 unspecified atom stereocenters. The normalized spacial score (nSPS) is 33.1. The molecule has 0 spiro atoms. The molecule has 4 aliphatic rings. The van der Waals surface area contributed by atoms with E-state index in [0.29, 0.717) is 30.6 Å². The van der Waals surface area contributed by atoms with Crippen molar-refractivity contribution in [1.29, 1.82) is 0 Å². The van der Waals surface area contributed by atoms with E-state index in [2.05, 4.69) is 12.2 Å². The first kappa shape index (κ1) is 17.2. The van der Waals surface area contributed by atoms with Crippen LogP contribution in [0.5, 0.6) is 0 Å². The number of allylic oxidation sites excluding steroid dienone is 2. The summed E-state index contributed by atoms with van der Waals surface area (Å²) in [5.74, 6) is -1.86. The Balaban J connectivity index is 1.37. The molecular weight excluding hydrogens is 360 g/mol. The molecule has 0 aromatic heterocycles. The summed E-state index contributed by atoms with van der Waals surface area (Å²) in [5, 5.41) is 9.27. The maximum atomic E-state index is 12.9. The Morgan fingerprint density at radius 2 is 1.57 bits per heavy atom. The Bertz CT molecular complexity index is 891. The SMILES string of the molecule is O=C(O)[C@@H]1CCCN1C(=O)c1ccc(N2C(=O)[C@H]3[C@H](C2=O)[C@H]2C=C[C@H]3C2)cc1. The molecule has 1 saturated carbocycles. The Hall–Kier alpha value is -2.96. The summed E-state index contributed by atoms with van der Waals surface area (Å²) in [4.78, 5) is 52.4. The molecule has 7 nitrogen and oxygen atoms in total. The second kappa shape index (κ2) is 6.02. The fourth-order valence-corrected chi connectivity index (χ4v) is 5.34. The number of fused-ring (bicyclic) bond motifs is 5. The van der Waals surface area contributed by atoms with Crippen LogP contribution in [-0.4, -0.2) is 46.3 Å². The van der Waals surface area contributed by atoms with Gasteiger partial charge in [0.1, 0.15) is 6.04 Å². The molecular formula is C21H20N2O5. The minimum atomic E-state index is -0.995. The number of nitrogens with zero attached hydrogens (tertiary/aromatic N) is 2. The third-order valence-electron chi connectivity index (χ3n) is 6.64. The number of carbonyl (C=O) groups excluding carboxylic acids is 3. The number of carboxylic acid groups (broad SMARTS) is 1. The number of likely N-dealkylation sites (tertiary alicyclic amines) is 1. The number of carbonyl (C=O) groups is 4. The molecule has 5 atom stereocenters. The van der Waals surface area contributed by atoms with Gasteiger partial charge < -0.3 is 10.0 Å². The average Bonchev–Trinajstić information content (AvgIpc) is 3.45. The van der Waals surface area contributed by atoms with Crippen molar-refractivity contribution in [2.75, 3.05) is 11.4 Å². The molecule has 3 fully saturated rings. The minimum Gasteiger partial charge on any atom is -0.480 e. The average molecular weight is 380 g/mol. The summed E-state index contributed by atoms with van der Waals surface area (Å²) in [6.45, 7) is 0.416. The van der Waals surface area contributed by atoms with Crippen LogP contribution in [0, 0.1) is 23.7 Å². The number of carboxylic acids is 1. The summed E-state index contributed by atoms with van der Waals surface area (Å²) in [6, 6.07) is 5.54. The zero-order valence-corrected chi connectivity index (χ0v) is 15.2. The number of imide groups is 1. The lowest BCUT2D eigenvalue weighted by Gasteiger charge is -2.22. The first-order chi connectivity index (χ1) is 13.5. The fourth-order valence-electron chi connectivity index (χ4n) is 5.34. The quantitative estimate of drug-likeness (QED) is 0.636. The molecule has 2 bridgehead atoms. The van der Waals surface area contributed by atoms with Gasteiger partial charge >= 0.3 is 5.97 Å². The molecule has 2 heterocycles. The van der Waals surface area contributed by atoms with Gasteiger partial charge in [-0.1, -0.05) is 12.2 Å². The van der Waals surface area contributed by atoms with Crippen molar-refractivity contribution in [2.24, 2.45) is 23.7 Å². The third-order valence-corrected chi connectivity index (χ3v) is 6.64. The smallest absolute Gasteiger partial charge is 0.326 e. The van der Waals surface area contributed by atoms with Gasteiger partial charge in [0.2, 0.25) is 11.8 Å². The maximum Gasteiger partial charge on any atom is 0.326 e. The highest BCUT2D eigenvalue weighted by Gasteiger charge is 2.59. The van der Waals surface area contributed by atoms with Crippen molar-refractivity contribution in [3.8, 4) is 0 Å². The largest absolute Gasteiger partial charge is 0.480 e. The lowest BCUT2D eigenvalue weighted by atomic mass is 9.85. The zero-order chi connectivity index (χ0) is 19.6. The van der Waals surface area contributed by atoms with Crippen LogP contribution in [0.4, 0.5) is 5.69 Å². The van der Waals surface area contributed by atoms with Gasteiger partial charge in [0, 0.05) is 12.1 Å². The molecule has 1 N–H and O–H groups in total. The highest BCUT2D eigenvalue weighted by atomic mass is 16.4. The highest BCUT2D eigenvalue weighted by molar-refractivity contribution is 6.22. The molecule has 0 radical (unpaired) electrons. The predicted octanol–water partition coefficient (Wildman–Crippen LogP) is 1.69. The van der Waals surface area contributed by atoms with E-state index in [9.17, 15) is 24.3 Å². The molecule has 2 aliphatic heterocycles. The van der Waals surface area contributed by atoms with E-state index in [4.69, 9.17) is 0 Å². The fraction of sp³-hybridized carbons (Fsp3) is 0.429. The van der Waals surface area contributed by atoms with Crippen LogP contribution in [0.25, 0.3) is 0 Å². The van der Waals surface area contributed by atoms with Gasteiger partial charge in [-0.25, -0.2) is 4.79 Å². The molecule has 2 saturated heterocycles. The number of aliphatic carboxylic acids is 1. The topological polar surface area (TPSA) is 95.0 Å². The van der Waals surface area contributed by atoms with Crippen molar-refractivity contribution in [3.05, 3.63) is 42.0 Å². The number of benzene rings is 1. The van der Waals surface area contributed by atoms with Crippen LogP contribution < -0.4 is 4.90 Å². The zero-order valence-electron chi connectivity index (χ0n) is 15.2. The number of hydrogen-bond acceptors (Lipinski definition) is 4. The summed E-state index contributed by atoms with van der Waals surface area (Å²) in [6.07, 6.45) is 6.11. The molecule has 144 valence electrons. The number of amides is 3. The van der Waals surface area contributed by atoms with Crippen LogP contribution in [0.3, 0.4) is 0 Å². The Kier molecular flexibility index (Phi) is 3.69. The first-order valence-electron chi connectivity index (χ1n) is 9.67. The lowest BCUT2D eigenvalue weighted by molar-refractivity contribution is -0.141. The Morgan fingerprint density at radius 3 is 2.14 bits per heavy atom. The maximum absolute atomic E-state index is 12.9. The van der Waals surface area contributed by atoms with E-state index in [1.165, 1.54) is 9.80 Å². The van der Waals surface area contributed by atoms with E-state index in [0.717, 1.165) is 6.42 Å². The van der Waals surface area contributed by atoms with E-state index in [1.807, 2.05) is 0 Å². The molecule has 2 aliphatic carbocycles. The summed E-state index contributed by atoms with van der Waals surface area (Å²) < 4.78 is 0. The third kappa shape index (κ3) is 2.28. The molecule has 1 aromatic rings. The second-order valence-corrected chi connectivity index (χ2v) is 8.05. The van der Waals surface area contributed by atoms with Crippen LogP contribution in [0.15, 0.2) is 36.4 Å². The van der Waals surface area contributed by atoms with Crippen molar-refractivity contribution in [2.45, 2.75) is 25.3 Å². The van der Waals surface area contributed by atoms with Gasteiger partial charge in [0.25, 0.3) is 5.91 Å². The van der Waals surface area contributed by atoms with Crippen LogP contribution in [0.1, 0.15) is 29.6 Å². The van der Waals surface area contributed by atoms with E-state index in [1.54, 1.807) is 24.3 Å². The van der Waals surface area contributed by atoms with E-state index in [-0.39, 0.29) is 41.4 Å². The van der Waals surface area contributed by atoms with Gasteiger partial charge in [0.05, 0.1) is 17.5 Å². The highest BCUT2D eigenvalue weighted by Crippen LogP contribution is 2.53. The summed E-state index contributed by atoms with van der Waals surface area (Å²) in [7, 11) is 0. The van der Waals surface area contributed by atoms with Crippen molar-refractivity contribution in [1.82, 2.24) is 4.90 Å². The second-order valence-electron chi connectivity index (χ2n) is 8.05. The molecule has 5 rings (SSSR count). The van der Waals surface area contributed by atoms with Crippen molar-refractivity contribution >= 4 is 29.4 Å². The van der Waals surface area contributed by atoms with E-state index >= 15 is 0 Å². The number of rotatable bonds is 3. The summed E-state index contributed by atoms with van der Waals surface area (Å²) in [5.41, 5.74) is 0.828. The van der Waals surface area contributed by atoms with E-state index < -0.39 is 12.0 Å². The van der Waals surface area contributed by atoms with Gasteiger partial charge in [-0.2, -0.15) is 0 Å². The summed E-state index contributed by atoms with van der Waals surface area (Å²) >= 11 is 0.